The van der Waals surface area contributed by atoms with Gasteiger partial charge < -0.3 is 15.0 Å². The van der Waals surface area contributed by atoms with Gasteiger partial charge in [-0.2, -0.15) is 4.98 Å². The molecule has 0 unspecified atom stereocenters. The van der Waals surface area contributed by atoms with Crippen molar-refractivity contribution >= 4 is 5.69 Å². The average molecular weight is 247 g/mol. The Balaban J connectivity index is 2.45. The summed E-state index contributed by atoms with van der Waals surface area (Å²) >= 11 is 0. The number of ether oxygens (including phenoxy) is 1. The third-order valence-corrected chi connectivity index (χ3v) is 3.03. The number of nitrogens with two attached hydrogens (primary N) is 1. The van der Waals surface area contributed by atoms with Crippen LogP contribution in [0.4, 0.5) is 5.69 Å². The summed E-state index contributed by atoms with van der Waals surface area (Å²) in [7, 11) is 1.61. The van der Waals surface area contributed by atoms with Crippen molar-refractivity contribution in [2.45, 2.75) is 26.4 Å². The van der Waals surface area contributed by atoms with Gasteiger partial charge in [0.15, 0.2) is 0 Å². The zero-order valence-corrected chi connectivity index (χ0v) is 11.0. The smallest absolute Gasteiger partial charge is 0.260 e. The highest BCUT2D eigenvalue weighted by atomic mass is 16.5. The normalized spacial score (nSPS) is 11.8. The van der Waals surface area contributed by atoms with Crippen LogP contribution in [0.15, 0.2) is 22.7 Å². The minimum atomic E-state index is -0.583. The van der Waals surface area contributed by atoms with Gasteiger partial charge in [-0.15, -0.1) is 0 Å². The molecule has 0 saturated carbocycles. The second-order valence-electron chi connectivity index (χ2n) is 4.67. The molecule has 1 aromatic heterocycles. The molecule has 0 aliphatic carbocycles. The van der Waals surface area contributed by atoms with E-state index in [0.29, 0.717) is 17.4 Å². The van der Waals surface area contributed by atoms with E-state index >= 15 is 0 Å². The van der Waals surface area contributed by atoms with Crippen molar-refractivity contribution in [1.29, 1.82) is 0 Å². The fourth-order valence-electron chi connectivity index (χ4n) is 1.54. The molecular formula is C13H17N3O2. The summed E-state index contributed by atoms with van der Waals surface area (Å²) in [5, 5.41) is 3.94. The van der Waals surface area contributed by atoms with E-state index in [0.717, 1.165) is 11.1 Å². The number of aryl methyl sites for hydroxylation is 1. The second-order valence-corrected chi connectivity index (χ2v) is 4.67. The first-order chi connectivity index (χ1) is 8.45. The van der Waals surface area contributed by atoms with E-state index in [1.54, 1.807) is 7.11 Å². The van der Waals surface area contributed by atoms with Gasteiger partial charge in [-0.25, -0.2) is 0 Å². The molecule has 2 rings (SSSR count). The summed E-state index contributed by atoms with van der Waals surface area (Å²) in [6.45, 7) is 5.69. The first-order valence-corrected chi connectivity index (χ1v) is 5.70. The van der Waals surface area contributed by atoms with Gasteiger partial charge in [0.05, 0.1) is 5.56 Å². The fourth-order valence-corrected chi connectivity index (χ4v) is 1.54. The molecule has 1 aromatic carbocycles. The zero-order valence-electron chi connectivity index (χ0n) is 11.0. The molecule has 5 heteroatoms. The quantitative estimate of drug-likeness (QED) is 0.843. The van der Waals surface area contributed by atoms with E-state index in [4.69, 9.17) is 15.0 Å². The lowest BCUT2D eigenvalue weighted by atomic mass is 10.1. The van der Waals surface area contributed by atoms with Gasteiger partial charge >= 0.3 is 0 Å². The summed E-state index contributed by atoms with van der Waals surface area (Å²) in [5.41, 5.74) is 7.81. The molecule has 0 aliphatic heterocycles. The van der Waals surface area contributed by atoms with Crippen molar-refractivity contribution in [3.63, 3.8) is 0 Å². The molecule has 0 bridgehead atoms. The van der Waals surface area contributed by atoms with Crippen molar-refractivity contribution in [3.8, 4) is 11.5 Å². The molecule has 1 heterocycles. The molecular weight excluding hydrogens is 230 g/mol. The van der Waals surface area contributed by atoms with Gasteiger partial charge in [0.25, 0.3) is 5.89 Å². The minimum absolute atomic E-state index is 0.413. The standard InChI is InChI=1S/C13H17N3O2/c1-8-6-5-7-9(10(8)14)11-15-12(16-18-11)13(2,3)17-4/h5-7H,14H2,1-4H3. The zero-order chi connectivity index (χ0) is 13.3. The van der Waals surface area contributed by atoms with Crippen LogP contribution in [0.1, 0.15) is 25.2 Å². The van der Waals surface area contributed by atoms with E-state index < -0.39 is 5.60 Å². The molecule has 0 radical (unpaired) electrons. The molecule has 0 aliphatic rings. The van der Waals surface area contributed by atoms with Crippen LogP contribution >= 0.6 is 0 Å². The summed E-state index contributed by atoms with van der Waals surface area (Å²) in [6.07, 6.45) is 0. The summed E-state index contributed by atoms with van der Waals surface area (Å²) < 4.78 is 10.6. The Bertz CT molecular complexity index is 561. The van der Waals surface area contributed by atoms with Gasteiger partial charge in [-0.05, 0) is 32.4 Å². The maximum atomic E-state index is 6.01. The van der Waals surface area contributed by atoms with E-state index in [1.807, 2.05) is 39.0 Å². The van der Waals surface area contributed by atoms with Crippen molar-refractivity contribution in [2.75, 3.05) is 12.8 Å². The van der Waals surface area contributed by atoms with Crippen LogP contribution in [0.5, 0.6) is 0 Å². The van der Waals surface area contributed by atoms with Crippen LogP contribution in [-0.2, 0) is 10.3 Å². The average Bonchev–Trinajstić information content (AvgIpc) is 2.82. The molecule has 96 valence electrons. The van der Waals surface area contributed by atoms with Crippen molar-refractivity contribution in [2.24, 2.45) is 0 Å². The number of rotatable bonds is 3. The Morgan fingerprint density at radius 1 is 1.33 bits per heavy atom. The van der Waals surface area contributed by atoms with Gasteiger partial charge in [-0.3, -0.25) is 0 Å². The molecule has 0 saturated heterocycles. The van der Waals surface area contributed by atoms with Crippen LogP contribution in [0, 0.1) is 6.92 Å². The highest BCUT2D eigenvalue weighted by Crippen LogP contribution is 2.29. The Hall–Kier alpha value is -1.88. The highest BCUT2D eigenvalue weighted by molar-refractivity contribution is 5.73. The third-order valence-electron chi connectivity index (χ3n) is 3.03. The lowest BCUT2D eigenvalue weighted by Gasteiger charge is -2.17. The Labute approximate surface area is 106 Å². The maximum absolute atomic E-state index is 6.01. The van der Waals surface area contributed by atoms with Crippen LogP contribution in [0.3, 0.4) is 0 Å². The van der Waals surface area contributed by atoms with E-state index in [9.17, 15) is 0 Å². The van der Waals surface area contributed by atoms with Crippen LogP contribution in [-0.4, -0.2) is 17.3 Å². The van der Waals surface area contributed by atoms with Gasteiger partial charge in [0.1, 0.15) is 5.60 Å². The molecule has 2 N–H and O–H groups in total. The summed E-state index contributed by atoms with van der Waals surface area (Å²) in [6, 6.07) is 5.71. The number of anilines is 1. The number of hydrogen-bond acceptors (Lipinski definition) is 5. The Morgan fingerprint density at radius 2 is 2.06 bits per heavy atom. The number of nitrogens with zero attached hydrogens (tertiary/aromatic N) is 2. The van der Waals surface area contributed by atoms with Gasteiger partial charge in [0, 0.05) is 12.8 Å². The minimum Gasteiger partial charge on any atom is -0.398 e. The van der Waals surface area contributed by atoms with E-state index in [2.05, 4.69) is 10.1 Å². The maximum Gasteiger partial charge on any atom is 0.260 e. The van der Waals surface area contributed by atoms with Crippen molar-refractivity contribution in [3.05, 3.63) is 29.6 Å². The topological polar surface area (TPSA) is 74.2 Å². The number of para-hydroxylation sites is 1. The van der Waals surface area contributed by atoms with Gasteiger partial charge in [0.2, 0.25) is 5.82 Å². The number of benzene rings is 1. The molecule has 5 nitrogen and oxygen atoms in total. The molecule has 18 heavy (non-hydrogen) atoms. The molecule has 2 aromatic rings. The SMILES string of the molecule is COC(C)(C)c1noc(-c2cccc(C)c2N)n1. The highest BCUT2D eigenvalue weighted by Gasteiger charge is 2.26. The lowest BCUT2D eigenvalue weighted by Crippen LogP contribution is -2.21. The molecule has 0 atom stereocenters. The van der Waals surface area contributed by atoms with E-state index in [1.165, 1.54) is 0 Å². The Morgan fingerprint density at radius 3 is 2.72 bits per heavy atom. The number of hydrogen-bond donors (Lipinski definition) is 1. The van der Waals surface area contributed by atoms with Crippen LogP contribution < -0.4 is 5.73 Å². The molecule has 0 fully saturated rings. The van der Waals surface area contributed by atoms with Crippen molar-refractivity contribution < 1.29 is 9.26 Å². The van der Waals surface area contributed by atoms with Gasteiger partial charge in [-0.1, -0.05) is 17.3 Å². The molecule has 0 spiro atoms. The third kappa shape index (κ3) is 2.09. The number of methoxy groups -OCH3 is 1. The van der Waals surface area contributed by atoms with E-state index in [-0.39, 0.29) is 0 Å². The summed E-state index contributed by atoms with van der Waals surface area (Å²) in [4.78, 5) is 4.34. The largest absolute Gasteiger partial charge is 0.398 e. The first kappa shape index (κ1) is 12.6. The predicted molar refractivity (Wildman–Crippen MR) is 68.9 cm³/mol. The summed E-state index contributed by atoms with van der Waals surface area (Å²) in [5.74, 6) is 0.914. The molecule has 0 amide bonds. The fraction of sp³-hybridized carbons (Fsp3) is 0.385. The predicted octanol–water partition coefficient (Wildman–Crippen LogP) is 2.51. The first-order valence-electron chi connectivity index (χ1n) is 5.70. The van der Waals surface area contributed by atoms with Crippen LogP contribution in [0.2, 0.25) is 0 Å². The lowest BCUT2D eigenvalue weighted by molar-refractivity contribution is 0.00973. The second kappa shape index (κ2) is 4.42. The monoisotopic (exact) mass is 247 g/mol. The number of aromatic nitrogens is 2. The van der Waals surface area contributed by atoms with Crippen molar-refractivity contribution in [1.82, 2.24) is 10.1 Å². The van der Waals surface area contributed by atoms with Crippen LogP contribution in [0.25, 0.3) is 11.5 Å². The Kier molecular flexibility index (Phi) is 3.09. The number of nitrogen functional groups attached to an aromatic ring is 1.